The van der Waals surface area contributed by atoms with Crippen LogP contribution in [0.3, 0.4) is 0 Å². The van der Waals surface area contributed by atoms with Crippen LogP contribution in [0.15, 0.2) is 18.3 Å². The van der Waals surface area contributed by atoms with Crippen molar-refractivity contribution in [3.05, 3.63) is 23.0 Å². The number of aromatic amines is 1. The van der Waals surface area contributed by atoms with Crippen LogP contribution in [0.25, 0.3) is 0 Å². The van der Waals surface area contributed by atoms with Crippen molar-refractivity contribution in [2.45, 2.75) is 12.5 Å². The topological polar surface area (TPSA) is 28.3 Å². The first kappa shape index (κ1) is 12.0. The summed E-state index contributed by atoms with van der Waals surface area (Å²) >= 11 is 9.44. The Morgan fingerprint density at radius 3 is 3.25 bits per heavy atom. The van der Waals surface area contributed by atoms with E-state index in [-0.39, 0.29) is 0 Å². The Labute approximate surface area is 106 Å². The van der Waals surface area contributed by atoms with Gasteiger partial charge in [0.2, 0.25) is 0 Å². The quantitative estimate of drug-likeness (QED) is 0.642. The van der Waals surface area contributed by atoms with Crippen LogP contribution in [0.2, 0.25) is 0 Å². The molecule has 0 aliphatic carbocycles. The molecular weight excluding hydrogens is 240 g/mol. The molecule has 1 atom stereocenters. The molecule has 1 aromatic rings. The van der Waals surface area contributed by atoms with Crippen molar-refractivity contribution in [2.75, 3.05) is 30.4 Å². The van der Waals surface area contributed by atoms with Crippen LogP contribution in [-0.4, -0.2) is 36.5 Å². The zero-order valence-corrected chi connectivity index (χ0v) is 10.8. The molecule has 1 fully saturated rings. The summed E-state index contributed by atoms with van der Waals surface area (Å²) in [4.78, 5) is 5.36. The van der Waals surface area contributed by atoms with Crippen LogP contribution in [-0.2, 0) is 4.74 Å². The van der Waals surface area contributed by atoms with Gasteiger partial charge in [-0.1, -0.05) is 12.2 Å². The Morgan fingerprint density at radius 1 is 1.62 bits per heavy atom. The smallest absolute Gasteiger partial charge is 0.105 e. The molecule has 2 rings (SSSR count). The summed E-state index contributed by atoms with van der Waals surface area (Å²) < 4.78 is 6.28. The lowest BCUT2D eigenvalue weighted by atomic mass is 10.1. The average molecular weight is 256 g/mol. The second kappa shape index (κ2) is 5.70. The molecule has 1 aliphatic heterocycles. The minimum Gasteiger partial charge on any atom is -0.377 e. The number of pyridine rings is 1. The minimum atomic E-state index is 0.419. The number of aromatic nitrogens is 1. The van der Waals surface area contributed by atoms with Gasteiger partial charge >= 0.3 is 0 Å². The Bertz CT molecular complexity index is 392. The first-order chi connectivity index (χ1) is 7.81. The van der Waals surface area contributed by atoms with E-state index in [1.165, 1.54) is 5.69 Å². The molecule has 2 heterocycles. The van der Waals surface area contributed by atoms with Crippen LogP contribution in [0.4, 0.5) is 5.69 Å². The fourth-order valence-electron chi connectivity index (χ4n) is 1.99. The van der Waals surface area contributed by atoms with E-state index in [0.717, 1.165) is 36.6 Å². The molecule has 0 saturated carbocycles. The highest BCUT2D eigenvalue weighted by Crippen LogP contribution is 2.21. The molecular formula is C11H16N2OS2. The number of anilines is 1. The SMILES string of the molecule is S=c1cc(N2CCOCC2CCS)cc[nH]1. The molecule has 1 saturated heterocycles. The van der Waals surface area contributed by atoms with Crippen molar-refractivity contribution in [2.24, 2.45) is 0 Å². The average Bonchev–Trinajstić information content (AvgIpc) is 2.30. The fourth-order valence-corrected chi connectivity index (χ4v) is 2.48. The number of morpholine rings is 1. The van der Waals surface area contributed by atoms with E-state index in [1.807, 2.05) is 12.3 Å². The standard InChI is InChI=1S/C11H16N2OS2/c15-6-2-10-8-14-5-4-13(10)9-1-3-12-11(16)7-9/h1,3,7,10,15H,2,4-6,8H2,(H,12,16). The van der Waals surface area contributed by atoms with E-state index in [9.17, 15) is 0 Å². The maximum atomic E-state index is 5.51. The van der Waals surface area contributed by atoms with Crippen molar-refractivity contribution >= 4 is 30.5 Å². The van der Waals surface area contributed by atoms with Crippen LogP contribution in [0.1, 0.15) is 6.42 Å². The monoisotopic (exact) mass is 256 g/mol. The van der Waals surface area contributed by atoms with Gasteiger partial charge in [0.15, 0.2) is 0 Å². The van der Waals surface area contributed by atoms with Gasteiger partial charge in [-0.25, -0.2) is 0 Å². The number of ether oxygens (including phenoxy) is 1. The maximum absolute atomic E-state index is 5.51. The van der Waals surface area contributed by atoms with E-state index >= 15 is 0 Å². The molecule has 0 radical (unpaired) electrons. The second-order valence-electron chi connectivity index (χ2n) is 3.85. The molecule has 0 aromatic carbocycles. The lowest BCUT2D eigenvalue weighted by Crippen LogP contribution is -2.45. The molecule has 0 spiro atoms. The van der Waals surface area contributed by atoms with Gasteiger partial charge in [0, 0.05) is 18.4 Å². The lowest BCUT2D eigenvalue weighted by Gasteiger charge is -2.37. The van der Waals surface area contributed by atoms with E-state index in [1.54, 1.807) is 0 Å². The van der Waals surface area contributed by atoms with Gasteiger partial charge < -0.3 is 14.6 Å². The largest absolute Gasteiger partial charge is 0.377 e. The summed E-state index contributed by atoms with van der Waals surface area (Å²) in [7, 11) is 0. The highest BCUT2D eigenvalue weighted by Gasteiger charge is 2.22. The summed E-state index contributed by atoms with van der Waals surface area (Å²) in [6, 6.07) is 4.49. The van der Waals surface area contributed by atoms with Gasteiger partial charge in [-0.15, -0.1) is 0 Å². The van der Waals surface area contributed by atoms with Crippen molar-refractivity contribution in [3.8, 4) is 0 Å². The highest BCUT2D eigenvalue weighted by atomic mass is 32.1. The van der Waals surface area contributed by atoms with Crippen molar-refractivity contribution < 1.29 is 4.74 Å². The normalized spacial score (nSPS) is 21.1. The maximum Gasteiger partial charge on any atom is 0.105 e. The molecule has 0 amide bonds. The van der Waals surface area contributed by atoms with Gasteiger partial charge in [0.1, 0.15) is 4.64 Å². The molecule has 1 N–H and O–H groups in total. The van der Waals surface area contributed by atoms with Crippen LogP contribution in [0, 0.1) is 4.64 Å². The van der Waals surface area contributed by atoms with Gasteiger partial charge in [0.25, 0.3) is 0 Å². The second-order valence-corrected chi connectivity index (χ2v) is 4.73. The molecule has 88 valence electrons. The van der Waals surface area contributed by atoms with Crippen LogP contribution in [0.5, 0.6) is 0 Å². The summed E-state index contributed by atoms with van der Waals surface area (Å²) in [5.41, 5.74) is 1.18. The van der Waals surface area contributed by atoms with Gasteiger partial charge in [-0.2, -0.15) is 12.6 Å². The molecule has 1 aliphatic rings. The number of hydrogen-bond donors (Lipinski definition) is 2. The minimum absolute atomic E-state index is 0.419. The third-order valence-electron chi connectivity index (χ3n) is 2.78. The van der Waals surface area contributed by atoms with Gasteiger partial charge in [0.05, 0.1) is 19.3 Å². The van der Waals surface area contributed by atoms with E-state index in [0.29, 0.717) is 6.04 Å². The molecule has 5 heteroatoms. The molecule has 16 heavy (non-hydrogen) atoms. The number of H-pyrrole nitrogens is 1. The van der Waals surface area contributed by atoms with Crippen LogP contribution >= 0.6 is 24.8 Å². The Morgan fingerprint density at radius 2 is 2.50 bits per heavy atom. The van der Waals surface area contributed by atoms with Gasteiger partial charge in [-0.3, -0.25) is 0 Å². The number of nitrogens with zero attached hydrogens (tertiary/aromatic N) is 1. The van der Waals surface area contributed by atoms with E-state index in [4.69, 9.17) is 17.0 Å². The number of rotatable bonds is 3. The predicted octanol–water partition coefficient (Wildman–Crippen LogP) is 2.27. The third kappa shape index (κ3) is 2.78. The summed E-state index contributed by atoms with van der Waals surface area (Å²) in [5.74, 6) is 0.879. The van der Waals surface area contributed by atoms with Crippen molar-refractivity contribution in [1.29, 1.82) is 0 Å². The summed E-state index contributed by atoms with van der Waals surface area (Å²) in [5, 5.41) is 0. The number of hydrogen-bond acceptors (Lipinski definition) is 4. The summed E-state index contributed by atoms with van der Waals surface area (Å²) in [6.45, 7) is 2.50. The molecule has 3 nitrogen and oxygen atoms in total. The number of thiol groups is 1. The van der Waals surface area contributed by atoms with E-state index in [2.05, 4.69) is 28.6 Å². The Hall–Kier alpha value is -0.520. The molecule has 0 bridgehead atoms. The fraction of sp³-hybridized carbons (Fsp3) is 0.545. The number of nitrogens with one attached hydrogen (secondary N) is 1. The first-order valence-corrected chi connectivity index (χ1v) is 6.49. The molecule has 1 unspecified atom stereocenters. The highest BCUT2D eigenvalue weighted by molar-refractivity contribution is 7.80. The Balaban J connectivity index is 2.19. The Kier molecular flexibility index (Phi) is 4.26. The van der Waals surface area contributed by atoms with Crippen molar-refractivity contribution in [3.63, 3.8) is 0 Å². The molecule has 1 aromatic heterocycles. The first-order valence-electron chi connectivity index (χ1n) is 5.45. The zero-order valence-electron chi connectivity index (χ0n) is 9.06. The third-order valence-corrected chi connectivity index (χ3v) is 3.27. The van der Waals surface area contributed by atoms with Crippen molar-refractivity contribution in [1.82, 2.24) is 4.98 Å². The summed E-state index contributed by atoms with van der Waals surface area (Å²) in [6.07, 6.45) is 2.93. The van der Waals surface area contributed by atoms with E-state index < -0.39 is 0 Å². The lowest BCUT2D eigenvalue weighted by molar-refractivity contribution is 0.0933. The predicted molar refractivity (Wildman–Crippen MR) is 72.0 cm³/mol. The zero-order chi connectivity index (χ0) is 11.4. The van der Waals surface area contributed by atoms with Gasteiger partial charge in [-0.05, 0) is 24.3 Å². The van der Waals surface area contributed by atoms with Crippen LogP contribution < -0.4 is 4.90 Å².